The molecule has 0 fully saturated rings. The van der Waals surface area contributed by atoms with E-state index in [0.717, 1.165) is 0 Å². The van der Waals surface area contributed by atoms with Gasteiger partial charge in [0.05, 0.1) is 19.6 Å². The number of esters is 1. The summed E-state index contributed by atoms with van der Waals surface area (Å²) in [5, 5.41) is 2.61. The van der Waals surface area contributed by atoms with E-state index in [4.69, 9.17) is 14.2 Å². The van der Waals surface area contributed by atoms with Crippen LogP contribution in [0.3, 0.4) is 0 Å². The molecule has 0 bridgehead atoms. The molecule has 132 valence electrons. The molecule has 0 heterocycles. The lowest BCUT2D eigenvalue weighted by Crippen LogP contribution is -2.21. The lowest BCUT2D eigenvalue weighted by atomic mass is 10.2. The summed E-state index contributed by atoms with van der Waals surface area (Å²) in [6.07, 6.45) is 0.0806. The third-order valence-corrected chi connectivity index (χ3v) is 2.87. The Labute approximate surface area is 141 Å². The molecule has 24 heavy (non-hydrogen) atoms. The summed E-state index contributed by atoms with van der Waals surface area (Å²) in [6, 6.07) is 5.01. The number of hydrogen-bond donors (Lipinski definition) is 1. The summed E-state index contributed by atoms with van der Waals surface area (Å²) in [5.74, 6) is -0.0438. The molecule has 0 spiro atoms. The SMILES string of the molecule is CCOc1ccc(NC(=O)COC(=O)CCC(C)=O)cc1OCC. The van der Waals surface area contributed by atoms with Gasteiger partial charge in [0.15, 0.2) is 18.1 Å². The molecule has 0 saturated carbocycles. The van der Waals surface area contributed by atoms with Crippen LogP contribution in [0.15, 0.2) is 18.2 Å². The number of nitrogens with one attached hydrogen (secondary N) is 1. The molecule has 1 rings (SSSR count). The predicted octanol–water partition coefficient (Wildman–Crippen LogP) is 2.33. The van der Waals surface area contributed by atoms with Crippen molar-refractivity contribution in [1.82, 2.24) is 0 Å². The Balaban J connectivity index is 2.55. The van der Waals surface area contributed by atoms with E-state index >= 15 is 0 Å². The molecule has 7 heteroatoms. The molecule has 1 aromatic carbocycles. The number of ether oxygens (including phenoxy) is 3. The molecule has 0 unspecified atom stereocenters. The Kier molecular flexibility index (Phi) is 8.32. The smallest absolute Gasteiger partial charge is 0.306 e. The summed E-state index contributed by atoms with van der Waals surface area (Å²) in [7, 11) is 0. The van der Waals surface area contributed by atoms with Crippen LogP contribution in [0.5, 0.6) is 11.5 Å². The van der Waals surface area contributed by atoms with E-state index in [1.165, 1.54) is 6.92 Å². The van der Waals surface area contributed by atoms with Gasteiger partial charge in [0, 0.05) is 18.2 Å². The minimum absolute atomic E-state index is 0.0276. The van der Waals surface area contributed by atoms with Crippen molar-refractivity contribution in [3.8, 4) is 11.5 Å². The molecule has 0 aliphatic rings. The van der Waals surface area contributed by atoms with E-state index in [2.05, 4.69) is 5.32 Å². The maximum absolute atomic E-state index is 11.8. The first-order valence-electron chi connectivity index (χ1n) is 7.80. The molecule has 0 aromatic heterocycles. The van der Waals surface area contributed by atoms with Gasteiger partial charge in [-0.2, -0.15) is 0 Å². The minimum Gasteiger partial charge on any atom is -0.490 e. The van der Waals surface area contributed by atoms with Crippen LogP contribution in [0.25, 0.3) is 0 Å². The maximum Gasteiger partial charge on any atom is 0.306 e. The van der Waals surface area contributed by atoms with Crippen LogP contribution in [0.4, 0.5) is 5.69 Å². The van der Waals surface area contributed by atoms with Crippen LogP contribution in [-0.2, 0) is 19.1 Å². The molecule has 0 aliphatic heterocycles. The number of hydrogen-bond acceptors (Lipinski definition) is 6. The van der Waals surface area contributed by atoms with Gasteiger partial charge in [-0.15, -0.1) is 0 Å². The number of carbonyl (C=O) groups is 3. The van der Waals surface area contributed by atoms with Crippen LogP contribution in [0.1, 0.15) is 33.6 Å². The average Bonchev–Trinajstić information content (AvgIpc) is 2.54. The van der Waals surface area contributed by atoms with Crippen LogP contribution in [0, 0.1) is 0 Å². The summed E-state index contributed by atoms with van der Waals surface area (Å²) in [4.78, 5) is 34.0. The van der Waals surface area contributed by atoms with E-state index < -0.39 is 18.5 Å². The van der Waals surface area contributed by atoms with Gasteiger partial charge in [-0.1, -0.05) is 0 Å². The van der Waals surface area contributed by atoms with Crippen LogP contribution < -0.4 is 14.8 Å². The lowest BCUT2D eigenvalue weighted by Gasteiger charge is -2.13. The molecule has 7 nitrogen and oxygen atoms in total. The predicted molar refractivity (Wildman–Crippen MR) is 88.3 cm³/mol. The molecule has 0 atom stereocenters. The monoisotopic (exact) mass is 337 g/mol. The van der Waals surface area contributed by atoms with Crippen molar-refractivity contribution in [2.45, 2.75) is 33.6 Å². The quantitative estimate of drug-likeness (QED) is 0.659. The van der Waals surface area contributed by atoms with Gasteiger partial charge in [0.1, 0.15) is 5.78 Å². The van der Waals surface area contributed by atoms with Crippen molar-refractivity contribution in [2.75, 3.05) is 25.1 Å². The number of rotatable bonds is 10. The maximum atomic E-state index is 11.8. The molecular weight excluding hydrogens is 314 g/mol. The highest BCUT2D eigenvalue weighted by molar-refractivity contribution is 5.93. The first-order valence-corrected chi connectivity index (χ1v) is 7.80. The first kappa shape index (κ1) is 19.5. The van der Waals surface area contributed by atoms with Gasteiger partial charge in [-0.3, -0.25) is 9.59 Å². The summed E-state index contributed by atoms with van der Waals surface area (Å²) in [6.45, 7) is 5.66. The second-order valence-corrected chi connectivity index (χ2v) is 4.94. The minimum atomic E-state index is -0.581. The Hall–Kier alpha value is -2.57. The second kappa shape index (κ2) is 10.3. The van der Waals surface area contributed by atoms with Gasteiger partial charge in [0.2, 0.25) is 0 Å². The van der Waals surface area contributed by atoms with Gasteiger partial charge >= 0.3 is 5.97 Å². The van der Waals surface area contributed by atoms with Crippen LogP contribution in [0.2, 0.25) is 0 Å². The standard InChI is InChI=1S/C17H23NO6/c1-4-22-14-8-7-13(10-15(14)23-5-2)18-16(20)11-24-17(21)9-6-12(3)19/h7-8,10H,4-6,9,11H2,1-3H3,(H,18,20). The summed E-state index contributed by atoms with van der Waals surface area (Å²) < 4.78 is 15.7. The van der Waals surface area contributed by atoms with Gasteiger partial charge < -0.3 is 24.3 Å². The topological polar surface area (TPSA) is 90.9 Å². The fourth-order valence-corrected chi connectivity index (χ4v) is 1.82. The summed E-state index contributed by atoms with van der Waals surface area (Å²) in [5.41, 5.74) is 0.506. The Morgan fingerprint density at radius 3 is 2.29 bits per heavy atom. The fourth-order valence-electron chi connectivity index (χ4n) is 1.82. The van der Waals surface area contributed by atoms with Gasteiger partial charge in [0.25, 0.3) is 5.91 Å². The van der Waals surface area contributed by atoms with Crippen molar-refractivity contribution >= 4 is 23.3 Å². The number of carbonyl (C=O) groups excluding carboxylic acids is 3. The molecule has 1 amide bonds. The molecule has 0 radical (unpaired) electrons. The fraction of sp³-hybridized carbons (Fsp3) is 0.471. The zero-order valence-electron chi connectivity index (χ0n) is 14.2. The van der Waals surface area contributed by atoms with E-state index in [-0.39, 0.29) is 18.6 Å². The molecule has 0 aliphatic carbocycles. The Morgan fingerprint density at radius 1 is 1.00 bits per heavy atom. The van der Waals surface area contributed by atoms with Gasteiger partial charge in [-0.25, -0.2) is 0 Å². The third kappa shape index (κ3) is 7.13. The molecular formula is C17H23NO6. The second-order valence-electron chi connectivity index (χ2n) is 4.94. The highest BCUT2D eigenvalue weighted by Crippen LogP contribution is 2.30. The molecule has 1 aromatic rings. The zero-order valence-corrected chi connectivity index (χ0v) is 14.2. The van der Waals surface area contributed by atoms with E-state index in [9.17, 15) is 14.4 Å². The lowest BCUT2D eigenvalue weighted by molar-refractivity contribution is -0.148. The van der Waals surface area contributed by atoms with Crippen LogP contribution >= 0.6 is 0 Å². The largest absolute Gasteiger partial charge is 0.490 e. The summed E-state index contributed by atoms with van der Waals surface area (Å²) >= 11 is 0. The average molecular weight is 337 g/mol. The zero-order chi connectivity index (χ0) is 17.9. The number of benzene rings is 1. The Morgan fingerprint density at radius 2 is 1.67 bits per heavy atom. The number of Topliss-reactive ketones (excluding diaryl/α,β-unsaturated/α-hetero) is 1. The normalized spacial score (nSPS) is 9.96. The van der Waals surface area contributed by atoms with Gasteiger partial charge in [-0.05, 0) is 32.9 Å². The van der Waals surface area contributed by atoms with Crippen molar-refractivity contribution in [3.63, 3.8) is 0 Å². The third-order valence-electron chi connectivity index (χ3n) is 2.87. The van der Waals surface area contributed by atoms with E-state index in [0.29, 0.717) is 30.4 Å². The Bertz CT molecular complexity index is 584. The number of ketones is 1. The van der Waals surface area contributed by atoms with Crippen molar-refractivity contribution in [1.29, 1.82) is 0 Å². The highest BCUT2D eigenvalue weighted by Gasteiger charge is 2.11. The van der Waals surface area contributed by atoms with Crippen LogP contribution in [-0.4, -0.2) is 37.5 Å². The number of amides is 1. The highest BCUT2D eigenvalue weighted by atomic mass is 16.5. The number of anilines is 1. The first-order chi connectivity index (χ1) is 11.5. The molecule has 1 N–H and O–H groups in total. The van der Waals surface area contributed by atoms with E-state index in [1.807, 2.05) is 13.8 Å². The molecule has 0 saturated heterocycles. The van der Waals surface area contributed by atoms with Crippen molar-refractivity contribution in [2.24, 2.45) is 0 Å². The van der Waals surface area contributed by atoms with Crippen molar-refractivity contribution < 1.29 is 28.6 Å². The van der Waals surface area contributed by atoms with Crippen molar-refractivity contribution in [3.05, 3.63) is 18.2 Å². The van der Waals surface area contributed by atoms with E-state index in [1.54, 1.807) is 18.2 Å².